The first kappa shape index (κ1) is 14.7. The van der Waals surface area contributed by atoms with E-state index in [-0.39, 0.29) is 24.1 Å². The summed E-state index contributed by atoms with van der Waals surface area (Å²) in [4.78, 5) is 40.0. The van der Waals surface area contributed by atoms with E-state index >= 15 is 0 Å². The lowest BCUT2D eigenvalue weighted by molar-refractivity contribution is -0.131. The van der Waals surface area contributed by atoms with Crippen LogP contribution in [0.25, 0.3) is 6.08 Å². The van der Waals surface area contributed by atoms with Crippen LogP contribution >= 0.6 is 0 Å². The van der Waals surface area contributed by atoms with Gasteiger partial charge in [-0.2, -0.15) is 0 Å². The number of carboxylic acids is 1. The molecule has 2 heterocycles. The molecule has 1 aliphatic rings. The van der Waals surface area contributed by atoms with Gasteiger partial charge in [0.25, 0.3) is 5.91 Å². The Bertz CT molecular complexity index is 598. The van der Waals surface area contributed by atoms with E-state index < -0.39 is 5.97 Å². The third-order valence-corrected chi connectivity index (χ3v) is 3.00. The minimum Gasteiger partial charge on any atom is -0.478 e. The largest absolute Gasteiger partial charge is 0.478 e. The first-order chi connectivity index (χ1) is 10.1. The van der Waals surface area contributed by atoms with E-state index in [0.29, 0.717) is 25.1 Å². The van der Waals surface area contributed by atoms with Crippen molar-refractivity contribution in [1.29, 1.82) is 0 Å². The lowest BCUT2D eigenvalue weighted by Gasteiger charge is -2.19. The molecule has 7 nitrogen and oxygen atoms in total. The van der Waals surface area contributed by atoms with Crippen molar-refractivity contribution in [1.82, 2.24) is 15.2 Å². The zero-order chi connectivity index (χ0) is 15.2. The number of hydrogen-bond acceptors (Lipinski definition) is 4. The van der Waals surface area contributed by atoms with Crippen LogP contribution in [0.4, 0.5) is 0 Å². The maximum Gasteiger partial charge on any atom is 0.328 e. The molecule has 0 atom stereocenters. The molecule has 7 heteroatoms. The summed E-state index contributed by atoms with van der Waals surface area (Å²) in [5.41, 5.74) is 0.555. The molecular weight excluding hydrogens is 274 g/mol. The van der Waals surface area contributed by atoms with Crippen molar-refractivity contribution >= 4 is 23.9 Å². The molecule has 1 fully saturated rings. The number of pyridine rings is 1. The highest BCUT2D eigenvalue weighted by Crippen LogP contribution is 2.12. The number of nitrogens with one attached hydrogen (secondary N) is 1. The Balaban J connectivity index is 2.26. The van der Waals surface area contributed by atoms with Gasteiger partial charge in [-0.1, -0.05) is 6.07 Å². The minimum atomic E-state index is -1.11. The smallest absolute Gasteiger partial charge is 0.328 e. The third kappa shape index (κ3) is 3.88. The topological polar surface area (TPSA) is 99.6 Å². The third-order valence-electron chi connectivity index (χ3n) is 3.00. The van der Waals surface area contributed by atoms with Crippen molar-refractivity contribution < 1.29 is 19.5 Å². The summed E-state index contributed by atoms with van der Waals surface area (Å²) >= 11 is 0. The van der Waals surface area contributed by atoms with Gasteiger partial charge in [0.2, 0.25) is 5.91 Å². The van der Waals surface area contributed by atoms with Crippen molar-refractivity contribution in [3.8, 4) is 0 Å². The maximum atomic E-state index is 12.5. The quantitative estimate of drug-likeness (QED) is 0.771. The molecule has 2 N–H and O–H groups in total. The van der Waals surface area contributed by atoms with Gasteiger partial charge >= 0.3 is 5.97 Å². The summed E-state index contributed by atoms with van der Waals surface area (Å²) in [5.74, 6) is -1.69. The highest BCUT2D eigenvalue weighted by molar-refractivity contribution is 5.99. The molecule has 0 spiro atoms. The predicted octanol–water partition coefficient (Wildman–Crippen LogP) is 0.142. The second-order valence-corrected chi connectivity index (χ2v) is 4.54. The average molecular weight is 289 g/mol. The number of carbonyl (C=O) groups is 3. The maximum absolute atomic E-state index is 12.5. The first-order valence-corrected chi connectivity index (χ1v) is 6.50. The van der Waals surface area contributed by atoms with Gasteiger partial charge in [0, 0.05) is 30.9 Å². The Morgan fingerprint density at radius 1 is 1.43 bits per heavy atom. The Labute approximate surface area is 121 Å². The van der Waals surface area contributed by atoms with Crippen LogP contribution in [-0.4, -0.2) is 52.4 Å². The standard InChI is InChI=1S/C14H15N3O4/c18-11-9-17(8-2-7-15-11)14(21)13-10(3-1-6-16-13)4-5-12(19)20/h1,3-6H,2,7-9H2,(H,15,18)(H,19,20)/b5-4+. The first-order valence-electron chi connectivity index (χ1n) is 6.50. The lowest BCUT2D eigenvalue weighted by Crippen LogP contribution is -2.38. The zero-order valence-electron chi connectivity index (χ0n) is 11.3. The van der Waals surface area contributed by atoms with Crippen LogP contribution in [0.3, 0.4) is 0 Å². The molecule has 110 valence electrons. The van der Waals surface area contributed by atoms with Gasteiger partial charge in [-0.3, -0.25) is 14.6 Å². The Morgan fingerprint density at radius 2 is 2.24 bits per heavy atom. The van der Waals surface area contributed by atoms with Crippen LogP contribution in [0.5, 0.6) is 0 Å². The van der Waals surface area contributed by atoms with Crippen LogP contribution in [0, 0.1) is 0 Å². The SMILES string of the molecule is O=C(O)/C=C/c1cccnc1C(=O)N1CCCNC(=O)C1. The van der Waals surface area contributed by atoms with Gasteiger partial charge in [0.15, 0.2) is 0 Å². The highest BCUT2D eigenvalue weighted by atomic mass is 16.4. The highest BCUT2D eigenvalue weighted by Gasteiger charge is 2.23. The number of carbonyl (C=O) groups excluding carboxylic acids is 2. The van der Waals surface area contributed by atoms with Gasteiger partial charge in [0.1, 0.15) is 5.69 Å². The molecule has 1 aromatic rings. The Morgan fingerprint density at radius 3 is 3.00 bits per heavy atom. The van der Waals surface area contributed by atoms with Crippen LogP contribution in [0.15, 0.2) is 24.4 Å². The van der Waals surface area contributed by atoms with E-state index in [9.17, 15) is 14.4 Å². The number of aliphatic carboxylic acids is 1. The van der Waals surface area contributed by atoms with Crippen LogP contribution in [0.1, 0.15) is 22.5 Å². The molecule has 0 bridgehead atoms. The Hall–Kier alpha value is -2.70. The number of carboxylic acid groups (broad SMARTS) is 1. The summed E-state index contributed by atoms with van der Waals surface area (Å²) < 4.78 is 0. The number of aromatic nitrogens is 1. The summed E-state index contributed by atoms with van der Waals surface area (Å²) in [7, 11) is 0. The molecule has 0 aromatic carbocycles. The Kier molecular flexibility index (Phi) is 4.65. The van der Waals surface area contributed by atoms with Gasteiger partial charge in [-0.25, -0.2) is 4.79 Å². The zero-order valence-corrected chi connectivity index (χ0v) is 11.3. The van der Waals surface area contributed by atoms with Crippen molar-refractivity contribution in [2.45, 2.75) is 6.42 Å². The van der Waals surface area contributed by atoms with Gasteiger partial charge in [0.05, 0.1) is 6.54 Å². The molecule has 1 aromatic heterocycles. The molecule has 0 saturated carbocycles. The van der Waals surface area contributed by atoms with E-state index in [1.54, 1.807) is 12.1 Å². The van der Waals surface area contributed by atoms with Crippen molar-refractivity contribution in [3.05, 3.63) is 35.7 Å². The molecule has 21 heavy (non-hydrogen) atoms. The fourth-order valence-corrected chi connectivity index (χ4v) is 2.02. The lowest BCUT2D eigenvalue weighted by atomic mass is 10.1. The fraction of sp³-hybridized carbons (Fsp3) is 0.286. The van der Waals surface area contributed by atoms with Crippen LogP contribution < -0.4 is 5.32 Å². The monoisotopic (exact) mass is 289 g/mol. The van der Waals surface area contributed by atoms with Gasteiger partial charge < -0.3 is 15.3 Å². The predicted molar refractivity (Wildman–Crippen MR) is 74.4 cm³/mol. The molecule has 1 saturated heterocycles. The minimum absolute atomic E-state index is 0.0164. The number of rotatable bonds is 3. The molecule has 0 aliphatic carbocycles. The van der Waals surface area contributed by atoms with Crippen molar-refractivity contribution in [2.75, 3.05) is 19.6 Å². The molecule has 2 rings (SSSR count). The second kappa shape index (κ2) is 6.65. The van der Waals surface area contributed by atoms with E-state index in [4.69, 9.17) is 5.11 Å². The molecule has 1 aliphatic heterocycles. The average Bonchev–Trinajstić information content (AvgIpc) is 2.69. The normalized spacial score (nSPS) is 15.6. The van der Waals surface area contributed by atoms with Crippen LogP contribution in [-0.2, 0) is 9.59 Å². The van der Waals surface area contributed by atoms with E-state index in [0.717, 1.165) is 6.08 Å². The fourth-order valence-electron chi connectivity index (χ4n) is 2.02. The second-order valence-electron chi connectivity index (χ2n) is 4.54. The number of hydrogen-bond donors (Lipinski definition) is 2. The summed E-state index contributed by atoms with van der Waals surface area (Å²) in [6, 6.07) is 3.23. The van der Waals surface area contributed by atoms with Crippen molar-refractivity contribution in [3.63, 3.8) is 0 Å². The van der Waals surface area contributed by atoms with E-state index in [1.807, 2.05) is 0 Å². The van der Waals surface area contributed by atoms with E-state index in [1.165, 1.54) is 17.2 Å². The van der Waals surface area contributed by atoms with E-state index in [2.05, 4.69) is 10.3 Å². The van der Waals surface area contributed by atoms with Crippen molar-refractivity contribution in [2.24, 2.45) is 0 Å². The molecule has 0 unspecified atom stereocenters. The van der Waals surface area contributed by atoms with Gasteiger partial charge in [-0.05, 0) is 18.6 Å². The summed E-state index contributed by atoms with van der Waals surface area (Å²) in [6.07, 6.45) is 4.40. The molecule has 0 radical (unpaired) electrons. The van der Waals surface area contributed by atoms with Gasteiger partial charge in [-0.15, -0.1) is 0 Å². The molecule has 2 amide bonds. The summed E-state index contributed by atoms with van der Waals surface area (Å²) in [5, 5.41) is 11.4. The molecular formula is C14H15N3O4. The van der Waals surface area contributed by atoms with Crippen LogP contribution in [0.2, 0.25) is 0 Å². The number of amides is 2. The number of nitrogens with zero attached hydrogens (tertiary/aromatic N) is 2. The summed E-state index contributed by atoms with van der Waals surface area (Å²) in [6.45, 7) is 0.977.